The topological polar surface area (TPSA) is 75.3 Å². The molecule has 0 fully saturated rings. The van der Waals surface area contributed by atoms with Gasteiger partial charge >= 0.3 is 0 Å². The quantitative estimate of drug-likeness (QED) is 0.274. The lowest BCUT2D eigenvalue weighted by molar-refractivity contribution is 0.378. The van der Waals surface area contributed by atoms with Crippen molar-refractivity contribution in [1.29, 1.82) is 0 Å². The van der Waals surface area contributed by atoms with Crippen molar-refractivity contribution in [3.8, 4) is 11.4 Å². The third kappa shape index (κ3) is 6.86. The highest BCUT2D eigenvalue weighted by Crippen LogP contribution is 2.18. The van der Waals surface area contributed by atoms with E-state index in [9.17, 15) is 0 Å². The van der Waals surface area contributed by atoms with E-state index in [0.29, 0.717) is 29.7 Å². The molecule has 24 heavy (non-hydrogen) atoms. The molecule has 0 aliphatic heterocycles. The van der Waals surface area contributed by atoms with E-state index < -0.39 is 0 Å². The number of thioether (sulfide) groups is 1. The Labute approximate surface area is 168 Å². The molecule has 6 nitrogen and oxygen atoms in total. The molecule has 0 saturated carbocycles. The SMILES string of the molecule is CN=C(NCCSC)NCCc1nc(-c2ccc(Cl)cc2)no1.I. The Morgan fingerprint density at radius 3 is 2.62 bits per heavy atom. The molecule has 0 unspecified atom stereocenters. The van der Waals surface area contributed by atoms with Gasteiger partial charge in [0, 0.05) is 42.9 Å². The number of halogens is 2. The second-order valence-corrected chi connectivity index (χ2v) is 6.11. The summed E-state index contributed by atoms with van der Waals surface area (Å²) >= 11 is 7.66. The Bertz CT molecular complexity index is 635. The molecule has 2 rings (SSSR count). The molecule has 0 atom stereocenters. The van der Waals surface area contributed by atoms with Gasteiger partial charge in [0.05, 0.1) is 0 Å². The Hall–Kier alpha value is -1.000. The van der Waals surface area contributed by atoms with E-state index in [0.717, 1.165) is 23.8 Å². The molecule has 1 aromatic heterocycles. The van der Waals surface area contributed by atoms with Gasteiger partial charge in [-0.3, -0.25) is 4.99 Å². The van der Waals surface area contributed by atoms with Gasteiger partial charge in [-0.05, 0) is 30.5 Å². The van der Waals surface area contributed by atoms with Crippen LogP contribution in [0, 0.1) is 0 Å². The van der Waals surface area contributed by atoms with Gasteiger partial charge in [-0.25, -0.2) is 0 Å². The first-order valence-corrected chi connectivity index (χ1v) is 9.02. The Balaban J connectivity index is 0.00000288. The van der Waals surface area contributed by atoms with Crippen LogP contribution in [0.15, 0.2) is 33.8 Å². The minimum Gasteiger partial charge on any atom is -0.356 e. The highest BCUT2D eigenvalue weighted by Gasteiger charge is 2.08. The predicted octanol–water partition coefficient (Wildman–Crippen LogP) is 3.08. The fraction of sp³-hybridized carbons (Fsp3) is 0.400. The second kappa shape index (κ2) is 11.5. The lowest BCUT2D eigenvalue weighted by Gasteiger charge is -2.10. The zero-order valence-electron chi connectivity index (χ0n) is 13.6. The maximum atomic E-state index is 5.87. The third-order valence-electron chi connectivity index (χ3n) is 3.02. The summed E-state index contributed by atoms with van der Waals surface area (Å²) in [6.07, 6.45) is 2.70. The molecule has 1 heterocycles. The van der Waals surface area contributed by atoms with Crippen LogP contribution in [-0.4, -0.2) is 48.2 Å². The molecule has 0 aliphatic carbocycles. The van der Waals surface area contributed by atoms with Gasteiger partial charge in [0.2, 0.25) is 11.7 Å². The Kier molecular flexibility index (Phi) is 10.1. The molecule has 0 spiro atoms. The average Bonchev–Trinajstić information content (AvgIpc) is 3.03. The maximum Gasteiger partial charge on any atom is 0.228 e. The van der Waals surface area contributed by atoms with Crippen molar-refractivity contribution in [2.24, 2.45) is 4.99 Å². The van der Waals surface area contributed by atoms with Crippen molar-refractivity contribution >= 4 is 53.3 Å². The van der Waals surface area contributed by atoms with Gasteiger partial charge in [-0.15, -0.1) is 24.0 Å². The molecule has 132 valence electrons. The van der Waals surface area contributed by atoms with Crippen LogP contribution in [0.4, 0.5) is 0 Å². The van der Waals surface area contributed by atoms with E-state index in [1.165, 1.54) is 0 Å². The smallest absolute Gasteiger partial charge is 0.228 e. The molecule has 2 aromatic rings. The van der Waals surface area contributed by atoms with Crippen LogP contribution in [0.3, 0.4) is 0 Å². The summed E-state index contributed by atoms with van der Waals surface area (Å²) in [4.78, 5) is 8.54. The van der Waals surface area contributed by atoms with Gasteiger partial charge in [0.15, 0.2) is 5.96 Å². The summed E-state index contributed by atoms with van der Waals surface area (Å²) in [5.41, 5.74) is 0.881. The minimum atomic E-state index is 0. The lowest BCUT2D eigenvalue weighted by atomic mass is 10.2. The molecule has 0 bridgehead atoms. The summed E-state index contributed by atoms with van der Waals surface area (Å²) in [5, 5.41) is 11.1. The van der Waals surface area contributed by atoms with Crippen molar-refractivity contribution in [2.45, 2.75) is 6.42 Å². The number of guanidine groups is 1. The van der Waals surface area contributed by atoms with Crippen LogP contribution in [-0.2, 0) is 6.42 Å². The van der Waals surface area contributed by atoms with Crippen LogP contribution in [0.1, 0.15) is 5.89 Å². The van der Waals surface area contributed by atoms with Gasteiger partial charge in [0.25, 0.3) is 0 Å². The number of nitrogens with one attached hydrogen (secondary N) is 2. The highest BCUT2D eigenvalue weighted by atomic mass is 127. The maximum absolute atomic E-state index is 5.87. The molecule has 1 aromatic carbocycles. The first kappa shape index (κ1) is 21.0. The molecule has 2 N–H and O–H groups in total. The summed E-state index contributed by atoms with van der Waals surface area (Å²) in [6, 6.07) is 7.34. The first-order chi connectivity index (χ1) is 11.2. The lowest BCUT2D eigenvalue weighted by Crippen LogP contribution is -2.39. The number of aliphatic imine (C=N–C) groups is 1. The van der Waals surface area contributed by atoms with Crippen molar-refractivity contribution in [3.05, 3.63) is 35.2 Å². The zero-order chi connectivity index (χ0) is 16.5. The van der Waals surface area contributed by atoms with Crippen molar-refractivity contribution in [3.63, 3.8) is 0 Å². The predicted molar refractivity (Wildman–Crippen MR) is 112 cm³/mol. The average molecular weight is 482 g/mol. The van der Waals surface area contributed by atoms with Crippen LogP contribution in [0.2, 0.25) is 5.02 Å². The summed E-state index contributed by atoms with van der Waals surface area (Å²) < 4.78 is 5.27. The standard InChI is InChI=1S/C15H20ClN5OS.HI/c1-17-15(19-9-10-23-2)18-8-7-13-20-14(21-22-13)11-3-5-12(16)6-4-11;/h3-6H,7-10H2,1-2H3,(H2,17,18,19);1H. The van der Waals surface area contributed by atoms with Crippen LogP contribution < -0.4 is 10.6 Å². The van der Waals surface area contributed by atoms with Gasteiger partial charge in [-0.1, -0.05) is 16.8 Å². The number of benzene rings is 1. The van der Waals surface area contributed by atoms with Crippen molar-refractivity contribution in [1.82, 2.24) is 20.8 Å². The summed E-state index contributed by atoms with van der Waals surface area (Å²) in [6.45, 7) is 1.54. The van der Waals surface area contributed by atoms with Crippen LogP contribution >= 0.6 is 47.3 Å². The van der Waals surface area contributed by atoms with E-state index in [4.69, 9.17) is 16.1 Å². The van der Waals surface area contributed by atoms with Crippen LogP contribution in [0.5, 0.6) is 0 Å². The molecular formula is C15H21ClIN5OS. The fourth-order valence-electron chi connectivity index (χ4n) is 1.85. The molecule has 0 aliphatic rings. The zero-order valence-corrected chi connectivity index (χ0v) is 17.5. The third-order valence-corrected chi connectivity index (χ3v) is 3.89. The highest BCUT2D eigenvalue weighted by molar-refractivity contribution is 14.0. The normalized spacial score (nSPS) is 11.0. The largest absolute Gasteiger partial charge is 0.356 e. The van der Waals surface area contributed by atoms with E-state index in [-0.39, 0.29) is 24.0 Å². The second-order valence-electron chi connectivity index (χ2n) is 4.69. The van der Waals surface area contributed by atoms with Gasteiger partial charge in [0.1, 0.15) is 0 Å². The first-order valence-electron chi connectivity index (χ1n) is 7.25. The monoisotopic (exact) mass is 481 g/mol. The summed E-state index contributed by atoms with van der Waals surface area (Å²) in [5.74, 6) is 2.96. The Morgan fingerprint density at radius 1 is 1.25 bits per heavy atom. The number of hydrogen-bond acceptors (Lipinski definition) is 5. The van der Waals surface area contributed by atoms with E-state index >= 15 is 0 Å². The molecular weight excluding hydrogens is 461 g/mol. The number of hydrogen-bond donors (Lipinski definition) is 2. The van der Waals surface area contributed by atoms with Crippen LogP contribution in [0.25, 0.3) is 11.4 Å². The van der Waals surface area contributed by atoms with Crippen molar-refractivity contribution < 1.29 is 4.52 Å². The minimum absolute atomic E-state index is 0. The molecule has 9 heteroatoms. The van der Waals surface area contributed by atoms with Gasteiger partial charge < -0.3 is 15.2 Å². The molecule has 0 saturated heterocycles. The molecule has 0 amide bonds. The van der Waals surface area contributed by atoms with E-state index in [1.807, 2.05) is 12.1 Å². The number of rotatable bonds is 7. The van der Waals surface area contributed by atoms with Gasteiger partial charge in [-0.2, -0.15) is 16.7 Å². The number of aromatic nitrogens is 2. The number of nitrogens with zero attached hydrogens (tertiary/aromatic N) is 3. The molecule has 0 radical (unpaired) electrons. The summed E-state index contributed by atoms with van der Waals surface area (Å²) in [7, 11) is 1.75. The van der Waals surface area contributed by atoms with Crippen molar-refractivity contribution in [2.75, 3.05) is 32.1 Å². The van der Waals surface area contributed by atoms with E-state index in [1.54, 1.807) is 30.9 Å². The fourth-order valence-corrected chi connectivity index (χ4v) is 2.28. The Morgan fingerprint density at radius 2 is 1.96 bits per heavy atom. The van der Waals surface area contributed by atoms with E-state index in [2.05, 4.69) is 32.0 Å².